The van der Waals surface area contributed by atoms with Crippen LogP contribution in [-0.2, 0) is 11.3 Å². The molecule has 2 aromatic carbocycles. The Morgan fingerprint density at radius 3 is 2.55 bits per heavy atom. The predicted octanol–water partition coefficient (Wildman–Crippen LogP) is 6.02. The van der Waals surface area contributed by atoms with E-state index in [1.54, 1.807) is 25.3 Å². The first-order chi connectivity index (χ1) is 19.3. The Morgan fingerprint density at radius 1 is 1.05 bits per heavy atom. The van der Waals surface area contributed by atoms with E-state index in [0.29, 0.717) is 23.0 Å². The molecular weight excluding hydrogens is 537 g/mol. The van der Waals surface area contributed by atoms with Crippen LogP contribution in [-0.4, -0.2) is 67.7 Å². The predicted molar refractivity (Wildman–Crippen MR) is 156 cm³/mol. The highest BCUT2D eigenvalue weighted by molar-refractivity contribution is 7.80. The van der Waals surface area contributed by atoms with Crippen molar-refractivity contribution in [2.75, 3.05) is 50.6 Å². The number of nitrogens with zero attached hydrogens (tertiary/aromatic N) is 2. The third-order valence-corrected chi connectivity index (χ3v) is 7.95. The Hall–Kier alpha value is -3.00. The number of morpholine rings is 1. The van der Waals surface area contributed by atoms with Gasteiger partial charge in [0, 0.05) is 41.1 Å². The summed E-state index contributed by atoms with van der Waals surface area (Å²) in [6.45, 7) is 2.72. The van der Waals surface area contributed by atoms with Crippen molar-refractivity contribution in [3.8, 4) is 17.6 Å². The lowest BCUT2D eigenvalue weighted by molar-refractivity contribution is -0.140. The molecule has 1 aliphatic heterocycles. The number of thiol groups is 1. The highest BCUT2D eigenvalue weighted by atomic mass is 32.1. The topological polar surface area (TPSA) is 50.7 Å². The van der Waals surface area contributed by atoms with E-state index < -0.39 is 12.7 Å². The molecule has 5 rings (SSSR count). The van der Waals surface area contributed by atoms with E-state index in [0.717, 1.165) is 73.6 Å². The number of halogens is 3. The molecule has 0 unspecified atom stereocenters. The van der Waals surface area contributed by atoms with Gasteiger partial charge in [0.2, 0.25) is 0 Å². The Balaban J connectivity index is 1.32. The summed E-state index contributed by atoms with van der Waals surface area (Å²) in [5, 5.41) is 7.56. The lowest BCUT2D eigenvalue weighted by Gasteiger charge is -2.39. The van der Waals surface area contributed by atoms with Crippen LogP contribution in [0, 0.1) is 11.8 Å². The quantitative estimate of drug-likeness (QED) is 0.239. The van der Waals surface area contributed by atoms with Gasteiger partial charge in [0.15, 0.2) is 0 Å². The van der Waals surface area contributed by atoms with Crippen LogP contribution in [0.25, 0.3) is 10.9 Å². The van der Waals surface area contributed by atoms with E-state index in [9.17, 15) is 13.2 Å². The van der Waals surface area contributed by atoms with Gasteiger partial charge in [-0.15, -0.1) is 12.6 Å². The van der Waals surface area contributed by atoms with Crippen LogP contribution in [0.2, 0.25) is 0 Å². The fourth-order valence-corrected chi connectivity index (χ4v) is 5.90. The molecule has 1 aromatic heterocycles. The molecular formula is C30H35F3N4O2S. The van der Waals surface area contributed by atoms with E-state index in [-0.39, 0.29) is 12.6 Å². The molecule has 40 heavy (non-hydrogen) atoms. The van der Waals surface area contributed by atoms with Crippen LogP contribution < -0.4 is 15.4 Å². The standard InChI is InChI=1S/C30H35F3N4O2S/c1-38-29-19-24(40)11-12-27(29)34-13-3-4-23-18-25-26(5-2-6-28(25)37(23)20-30(31,32)33)35-21-7-9-22(10-8-21)36-14-16-39-17-15-36/h2,5-6,11-12,18-19,21-22,34-35,40H,7-10,13-17,20H2,1H3/t21-,22+. The number of fused-ring (bicyclic) bond motifs is 1. The first-order valence-corrected chi connectivity index (χ1v) is 14.1. The summed E-state index contributed by atoms with van der Waals surface area (Å²) in [6, 6.07) is 13.6. The summed E-state index contributed by atoms with van der Waals surface area (Å²) in [5.74, 6) is 6.57. The average Bonchev–Trinajstić information content (AvgIpc) is 3.29. The average molecular weight is 573 g/mol. The van der Waals surface area contributed by atoms with E-state index >= 15 is 0 Å². The second-order valence-corrected chi connectivity index (χ2v) is 10.8. The molecule has 2 heterocycles. The molecule has 3 aromatic rings. The number of nitrogens with one attached hydrogen (secondary N) is 2. The van der Waals surface area contributed by atoms with Crippen molar-refractivity contribution < 1.29 is 22.6 Å². The second-order valence-electron chi connectivity index (χ2n) is 10.3. The molecule has 0 bridgehead atoms. The molecule has 1 saturated carbocycles. The van der Waals surface area contributed by atoms with Crippen LogP contribution >= 0.6 is 12.6 Å². The van der Waals surface area contributed by atoms with Crippen molar-refractivity contribution in [1.29, 1.82) is 0 Å². The summed E-state index contributed by atoms with van der Waals surface area (Å²) in [6.07, 6.45) is -0.110. The minimum Gasteiger partial charge on any atom is -0.495 e. The zero-order chi connectivity index (χ0) is 28.1. The Labute approximate surface area is 238 Å². The van der Waals surface area contributed by atoms with Crippen molar-refractivity contribution in [3.63, 3.8) is 0 Å². The molecule has 10 heteroatoms. The van der Waals surface area contributed by atoms with Crippen LogP contribution in [0.15, 0.2) is 47.4 Å². The fourth-order valence-electron chi connectivity index (χ4n) is 5.71. The number of aromatic nitrogens is 1. The van der Waals surface area contributed by atoms with Crippen molar-refractivity contribution >= 4 is 34.9 Å². The normalized spacial score (nSPS) is 20.1. The van der Waals surface area contributed by atoms with Crippen LogP contribution in [0.3, 0.4) is 0 Å². The van der Waals surface area contributed by atoms with Gasteiger partial charge in [-0.1, -0.05) is 12.0 Å². The van der Waals surface area contributed by atoms with Gasteiger partial charge >= 0.3 is 6.18 Å². The Morgan fingerprint density at radius 2 is 1.82 bits per heavy atom. The number of alkyl halides is 3. The van der Waals surface area contributed by atoms with Gasteiger partial charge < -0.3 is 24.7 Å². The molecule has 2 aliphatic rings. The highest BCUT2D eigenvalue weighted by Crippen LogP contribution is 2.33. The Bertz CT molecular complexity index is 1370. The number of ether oxygens (including phenoxy) is 2. The SMILES string of the molecule is COc1cc(S)ccc1NCC#Cc1cc2c(N[C@H]3CC[C@@H](N4CCOCC4)CC3)cccc2n1CC(F)(F)F. The van der Waals surface area contributed by atoms with E-state index in [1.165, 1.54) is 4.57 Å². The maximum atomic E-state index is 13.6. The van der Waals surface area contributed by atoms with Crippen LogP contribution in [0.1, 0.15) is 31.4 Å². The maximum Gasteiger partial charge on any atom is 0.406 e. The maximum absolute atomic E-state index is 13.6. The summed E-state index contributed by atoms with van der Waals surface area (Å²) < 4.78 is 52.9. The van der Waals surface area contributed by atoms with Gasteiger partial charge in [-0.25, -0.2) is 0 Å². The number of anilines is 2. The minimum atomic E-state index is -4.37. The first kappa shape index (κ1) is 28.5. The zero-order valence-electron chi connectivity index (χ0n) is 22.6. The first-order valence-electron chi connectivity index (χ1n) is 13.7. The lowest BCUT2D eigenvalue weighted by Crippen LogP contribution is -2.46. The molecule has 1 saturated heterocycles. The minimum absolute atomic E-state index is 0.243. The van der Waals surface area contributed by atoms with Gasteiger partial charge in [0.1, 0.15) is 12.3 Å². The largest absolute Gasteiger partial charge is 0.495 e. The van der Waals surface area contributed by atoms with E-state index in [2.05, 4.69) is 40.0 Å². The number of benzene rings is 2. The van der Waals surface area contributed by atoms with Crippen molar-refractivity contribution in [2.24, 2.45) is 0 Å². The van der Waals surface area contributed by atoms with Crippen molar-refractivity contribution in [1.82, 2.24) is 9.47 Å². The monoisotopic (exact) mass is 572 g/mol. The molecule has 2 fully saturated rings. The smallest absolute Gasteiger partial charge is 0.406 e. The van der Waals surface area contributed by atoms with Crippen LogP contribution in [0.4, 0.5) is 24.5 Å². The van der Waals surface area contributed by atoms with Crippen LogP contribution in [0.5, 0.6) is 5.75 Å². The van der Waals surface area contributed by atoms with Crippen molar-refractivity contribution in [2.45, 2.75) is 55.4 Å². The summed E-state index contributed by atoms with van der Waals surface area (Å²) in [4.78, 5) is 3.29. The summed E-state index contributed by atoms with van der Waals surface area (Å²) in [5.41, 5.74) is 2.44. The van der Waals surface area contributed by atoms with Gasteiger partial charge in [0.05, 0.1) is 43.8 Å². The molecule has 0 radical (unpaired) electrons. The second kappa shape index (κ2) is 12.7. The molecule has 2 N–H and O–H groups in total. The van der Waals surface area contributed by atoms with Gasteiger partial charge in [-0.2, -0.15) is 13.2 Å². The Kier molecular flexibility index (Phi) is 9.03. The third kappa shape index (κ3) is 7.00. The van der Waals surface area contributed by atoms with E-state index in [4.69, 9.17) is 9.47 Å². The molecule has 0 amide bonds. The fraction of sp³-hybridized carbons (Fsp3) is 0.467. The van der Waals surface area contributed by atoms with Gasteiger partial charge in [-0.3, -0.25) is 4.90 Å². The molecule has 0 atom stereocenters. The molecule has 214 valence electrons. The lowest BCUT2D eigenvalue weighted by atomic mass is 9.89. The summed E-state index contributed by atoms with van der Waals surface area (Å²) in [7, 11) is 1.57. The molecule has 0 spiro atoms. The van der Waals surface area contributed by atoms with Crippen molar-refractivity contribution in [3.05, 3.63) is 48.2 Å². The highest BCUT2D eigenvalue weighted by Gasteiger charge is 2.30. The number of hydrogen-bond acceptors (Lipinski definition) is 6. The zero-order valence-corrected chi connectivity index (χ0v) is 23.5. The summed E-state index contributed by atoms with van der Waals surface area (Å²) >= 11 is 4.32. The number of hydrogen-bond donors (Lipinski definition) is 3. The molecule has 6 nitrogen and oxygen atoms in total. The number of methoxy groups -OCH3 is 1. The van der Waals surface area contributed by atoms with Gasteiger partial charge in [0.25, 0.3) is 0 Å². The van der Waals surface area contributed by atoms with Gasteiger partial charge in [-0.05, 0) is 68.0 Å². The third-order valence-electron chi connectivity index (χ3n) is 7.67. The number of rotatable bonds is 7. The van der Waals surface area contributed by atoms with E-state index in [1.807, 2.05) is 24.3 Å². The molecule has 1 aliphatic carbocycles.